The Balaban J connectivity index is 2.32. The van der Waals surface area contributed by atoms with Crippen molar-refractivity contribution in [3.05, 3.63) is 42.2 Å². The summed E-state index contributed by atoms with van der Waals surface area (Å²) in [6, 6.07) is 8.46. The Kier molecular flexibility index (Phi) is 4.36. The molecule has 0 bridgehead atoms. The summed E-state index contributed by atoms with van der Waals surface area (Å²) in [5.74, 6) is 0.358. The van der Waals surface area contributed by atoms with Crippen LogP contribution in [-0.4, -0.2) is 25.4 Å². The maximum absolute atomic E-state index is 13.4. The smallest absolute Gasteiger partial charge is 0.411 e. The molecule has 2 aromatic carbocycles. The van der Waals surface area contributed by atoms with Gasteiger partial charge in [0.25, 0.3) is 0 Å². The van der Waals surface area contributed by atoms with Crippen molar-refractivity contribution in [1.82, 2.24) is 0 Å². The summed E-state index contributed by atoms with van der Waals surface area (Å²) in [4.78, 5) is 12.0. The predicted molar refractivity (Wildman–Crippen MR) is 80.3 cm³/mol. The van der Waals surface area contributed by atoms with Crippen LogP contribution in [0.4, 0.5) is 20.6 Å². The summed E-state index contributed by atoms with van der Waals surface area (Å²) in [5, 5.41) is 9.01. The lowest BCUT2D eigenvalue weighted by atomic mass is 10.2. The summed E-state index contributed by atoms with van der Waals surface area (Å²) >= 11 is 0. The monoisotopic (exact) mass is 306 g/mol. The van der Waals surface area contributed by atoms with E-state index in [9.17, 15) is 9.18 Å². The number of amides is 1. The number of hydrogen-bond acceptors (Lipinski definition) is 4. The second-order valence-electron chi connectivity index (χ2n) is 4.49. The molecule has 0 aliphatic carbocycles. The zero-order valence-electron chi connectivity index (χ0n) is 12.0. The molecule has 1 amide bonds. The lowest BCUT2D eigenvalue weighted by Crippen LogP contribution is -2.24. The van der Waals surface area contributed by atoms with Crippen molar-refractivity contribution < 1.29 is 23.8 Å². The molecule has 22 heavy (non-hydrogen) atoms. The molecule has 0 spiro atoms. The first-order valence-corrected chi connectivity index (χ1v) is 6.29. The van der Waals surface area contributed by atoms with Gasteiger partial charge in [-0.2, -0.15) is 0 Å². The fourth-order valence-corrected chi connectivity index (χ4v) is 1.83. The first-order chi connectivity index (χ1) is 10.4. The molecule has 2 aromatic rings. The number of benzene rings is 2. The second-order valence-corrected chi connectivity index (χ2v) is 4.49. The van der Waals surface area contributed by atoms with Gasteiger partial charge in [0.2, 0.25) is 0 Å². The van der Waals surface area contributed by atoms with Crippen molar-refractivity contribution in [2.75, 3.05) is 24.8 Å². The molecule has 0 fully saturated rings. The van der Waals surface area contributed by atoms with Crippen LogP contribution < -0.4 is 20.1 Å². The minimum absolute atomic E-state index is 0.227. The molecule has 0 aromatic heterocycles. The van der Waals surface area contributed by atoms with Crippen LogP contribution >= 0.6 is 0 Å². The van der Waals surface area contributed by atoms with Crippen molar-refractivity contribution >= 4 is 17.5 Å². The molecule has 0 unspecified atom stereocenters. The third-order valence-corrected chi connectivity index (χ3v) is 2.97. The average Bonchev–Trinajstić information content (AvgIpc) is 2.47. The number of rotatable bonds is 4. The van der Waals surface area contributed by atoms with E-state index in [-0.39, 0.29) is 17.1 Å². The Hall–Kier alpha value is -2.96. The van der Waals surface area contributed by atoms with Crippen molar-refractivity contribution in [1.29, 1.82) is 0 Å². The number of methoxy groups -OCH3 is 1. The minimum Gasteiger partial charge on any atom is -0.497 e. The quantitative estimate of drug-likeness (QED) is 0.846. The van der Waals surface area contributed by atoms with Gasteiger partial charge >= 0.3 is 6.09 Å². The normalized spacial score (nSPS) is 10.1. The largest absolute Gasteiger partial charge is 0.497 e. The van der Waals surface area contributed by atoms with Crippen LogP contribution in [0.3, 0.4) is 0 Å². The molecule has 2 rings (SSSR count). The highest BCUT2D eigenvalue weighted by Crippen LogP contribution is 2.32. The molecule has 7 heteroatoms. The molecule has 0 saturated carbocycles. The Morgan fingerprint density at radius 1 is 1.18 bits per heavy atom. The first-order valence-electron chi connectivity index (χ1n) is 6.29. The molecular formula is C15H15FN2O4. The van der Waals surface area contributed by atoms with E-state index in [2.05, 4.69) is 0 Å². The highest BCUT2D eigenvalue weighted by atomic mass is 19.1. The fourth-order valence-electron chi connectivity index (χ4n) is 1.83. The zero-order valence-corrected chi connectivity index (χ0v) is 12.0. The van der Waals surface area contributed by atoms with Gasteiger partial charge < -0.3 is 20.3 Å². The molecule has 0 saturated heterocycles. The van der Waals surface area contributed by atoms with Crippen molar-refractivity contribution in [2.24, 2.45) is 0 Å². The molecule has 0 aliphatic heterocycles. The summed E-state index contributed by atoms with van der Waals surface area (Å²) < 4.78 is 23.9. The first kappa shape index (κ1) is 15.4. The fraction of sp³-hybridized carbons (Fsp3) is 0.133. The molecule has 0 radical (unpaired) electrons. The Labute approximate surface area is 126 Å². The molecule has 3 N–H and O–H groups in total. The van der Waals surface area contributed by atoms with Gasteiger partial charge in [0.05, 0.1) is 18.5 Å². The van der Waals surface area contributed by atoms with Crippen LogP contribution in [-0.2, 0) is 0 Å². The molecule has 6 nitrogen and oxygen atoms in total. The van der Waals surface area contributed by atoms with E-state index in [0.29, 0.717) is 11.5 Å². The van der Waals surface area contributed by atoms with E-state index in [4.69, 9.17) is 20.3 Å². The number of halogens is 1. The van der Waals surface area contributed by atoms with E-state index in [1.807, 2.05) is 0 Å². The maximum Gasteiger partial charge on any atom is 0.411 e. The van der Waals surface area contributed by atoms with E-state index < -0.39 is 11.9 Å². The topological polar surface area (TPSA) is 85.0 Å². The summed E-state index contributed by atoms with van der Waals surface area (Å²) in [7, 11) is 2.78. The van der Waals surface area contributed by atoms with Crippen LogP contribution in [0.15, 0.2) is 36.4 Å². The molecular weight excluding hydrogens is 291 g/mol. The number of hydrogen-bond donors (Lipinski definition) is 2. The van der Waals surface area contributed by atoms with Crippen LogP contribution in [0.2, 0.25) is 0 Å². The van der Waals surface area contributed by atoms with Gasteiger partial charge in [0.1, 0.15) is 23.1 Å². The van der Waals surface area contributed by atoms with Gasteiger partial charge in [-0.05, 0) is 12.1 Å². The van der Waals surface area contributed by atoms with Gasteiger partial charge in [0.15, 0.2) is 0 Å². The minimum atomic E-state index is -1.16. The second kappa shape index (κ2) is 6.21. The Bertz CT molecular complexity index is 706. The number of carbonyl (C=O) groups is 1. The molecule has 0 atom stereocenters. The third-order valence-electron chi connectivity index (χ3n) is 2.97. The van der Waals surface area contributed by atoms with E-state index >= 15 is 0 Å². The lowest BCUT2D eigenvalue weighted by molar-refractivity contribution is 0.203. The van der Waals surface area contributed by atoms with Crippen molar-refractivity contribution in [3.8, 4) is 17.2 Å². The maximum atomic E-state index is 13.4. The number of nitrogen functional groups attached to an aromatic ring is 1. The van der Waals surface area contributed by atoms with Crippen molar-refractivity contribution in [3.63, 3.8) is 0 Å². The average molecular weight is 306 g/mol. The van der Waals surface area contributed by atoms with Gasteiger partial charge in [-0.3, -0.25) is 4.90 Å². The van der Waals surface area contributed by atoms with Gasteiger partial charge in [-0.1, -0.05) is 0 Å². The van der Waals surface area contributed by atoms with Crippen LogP contribution in [0.25, 0.3) is 0 Å². The molecule has 116 valence electrons. The number of anilines is 2. The SMILES string of the molecule is COc1cc(F)cc(Oc2ccc(N)c(N(C)C(=O)O)c2)c1. The van der Waals surface area contributed by atoms with Crippen molar-refractivity contribution in [2.45, 2.75) is 0 Å². The summed E-state index contributed by atoms with van der Waals surface area (Å²) in [6.45, 7) is 0. The predicted octanol–water partition coefficient (Wildman–Crippen LogP) is 3.32. The highest BCUT2D eigenvalue weighted by molar-refractivity contribution is 5.90. The lowest BCUT2D eigenvalue weighted by Gasteiger charge is -2.17. The number of ether oxygens (including phenoxy) is 2. The van der Waals surface area contributed by atoms with Gasteiger partial charge in [-0.25, -0.2) is 9.18 Å². The van der Waals surface area contributed by atoms with Crippen LogP contribution in [0, 0.1) is 5.82 Å². The molecule has 0 aliphatic rings. The zero-order chi connectivity index (χ0) is 16.3. The summed E-state index contributed by atoms with van der Waals surface area (Å²) in [6.07, 6.45) is -1.16. The van der Waals surface area contributed by atoms with E-state index in [1.165, 1.54) is 44.5 Å². The van der Waals surface area contributed by atoms with E-state index in [0.717, 1.165) is 4.90 Å². The number of nitrogens with two attached hydrogens (primary N) is 1. The van der Waals surface area contributed by atoms with Crippen LogP contribution in [0.1, 0.15) is 0 Å². The number of nitrogens with zero attached hydrogens (tertiary/aromatic N) is 1. The molecule has 0 heterocycles. The standard InChI is InChI=1S/C15H15FN2O4/c1-18(15(19)20)14-8-10(3-4-13(14)17)22-12-6-9(16)5-11(7-12)21-2/h3-8H,17H2,1-2H3,(H,19,20). The van der Waals surface area contributed by atoms with E-state index in [1.54, 1.807) is 6.07 Å². The van der Waals surface area contributed by atoms with Gasteiger partial charge in [-0.15, -0.1) is 0 Å². The summed E-state index contributed by atoms with van der Waals surface area (Å²) in [5.41, 5.74) is 6.31. The Morgan fingerprint density at radius 3 is 2.50 bits per heavy atom. The highest BCUT2D eigenvalue weighted by Gasteiger charge is 2.13. The Morgan fingerprint density at radius 2 is 1.86 bits per heavy atom. The third kappa shape index (κ3) is 3.38. The van der Waals surface area contributed by atoms with Gasteiger partial charge in [0, 0.05) is 31.3 Å². The van der Waals surface area contributed by atoms with Crippen LogP contribution in [0.5, 0.6) is 17.2 Å². The number of carboxylic acid groups (broad SMARTS) is 1.